The van der Waals surface area contributed by atoms with Crippen LogP contribution in [0, 0.1) is 0 Å². The van der Waals surface area contributed by atoms with Gasteiger partial charge in [0.15, 0.2) is 6.61 Å². The highest BCUT2D eigenvalue weighted by molar-refractivity contribution is 5.79. The van der Waals surface area contributed by atoms with E-state index in [-0.39, 0.29) is 24.4 Å². The molecule has 0 saturated carbocycles. The topological polar surface area (TPSA) is 124 Å². The highest BCUT2D eigenvalue weighted by atomic mass is 19.4. The number of nitrogens with zero attached hydrogens (tertiary/aromatic N) is 3. The van der Waals surface area contributed by atoms with Gasteiger partial charge in [-0.15, -0.1) is 0 Å². The SMILES string of the molecule is NC(=O)N1CC(NC(=O)COc2ccc(-c3noc(C(F)(F)F)n3)cc2)C1. The van der Waals surface area contributed by atoms with Crippen molar-refractivity contribution in [2.75, 3.05) is 19.7 Å². The zero-order valence-corrected chi connectivity index (χ0v) is 13.7. The Hall–Kier alpha value is -3.31. The van der Waals surface area contributed by atoms with Crippen LogP contribution in [0.4, 0.5) is 18.0 Å². The van der Waals surface area contributed by atoms with E-state index in [2.05, 4.69) is 20.0 Å². The van der Waals surface area contributed by atoms with Crippen molar-refractivity contribution < 1.29 is 32.0 Å². The summed E-state index contributed by atoms with van der Waals surface area (Å²) in [6.07, 6.45) is -4.71. The van der Waals surface area contributed by atoms with E-state index >= 15 is 0 Å². The lowest BCUT2D eigenvalue weighted by molar-refractivity contribution is -0.159. The molecule has 0 bridgehead atoms. The molecule has 1 saturated heterocycles. The minimum Gasteiger partial charge on any atom is -0.484 e. The fraction of sp³-hybridized carbons (Fsp3) is 0.333. The summed E-state index contributed by atoms with van der Waals surface area (Å²) < 4.78 is 46.8. The number of aromatic nitrogens is 2. The average molecular weight is 385 g/mol. The highest BCUT2D eigenvalue weighted by Gasteiger charge is 2.38. The summed E-state index contributed by atoms with van der Waals surface area (Å²) in [5.41, 5.74) is 5.38. The van der Waals surface area contributed by atoms with E-state index in [1.807, 2.05) is 0 Å². The Bertz CT molecular complexity index is 831. The number of carbonyl (C=O) groups is 2. The molecule has 2 aromatic rings. The number of benzene rings is 1. The lowest BCUT2D eigenvalue weighted by Crippen LogP contribution is -2.62. The molecule has 12 heteroatoms. The van der Waals surface area contributed by atoms with E-state index in [9.17, 15) is 22.8 Å². The maximum absolute atomic E-state index is 12.5. The zero-order chi connectivity index (χ0) is 19.6. The summed E-state index contributed by atoms with van der Waals surface area (Å²) in [6.45, 7) is 0.438. The third kappa shape index (κ3) is 4.46. The van der Waals surface area contributed by atoms with Crippen LogP contribution in [0.2, 0.25) is 0 Å². The van der Waals surface area contributed by atoms with E-state index in [0.717, 1.165) is 0 Å². The lowest BCUT2D eigenvalue weighted by atomic mass is 10.1. The van der Waals surface area contributed by atoms with Gasteiger partial charge in [-0.3, -0.25) is 4.79 Å². The number of nitrogens with two attached hydrogens (primary N) is 1. The monoisotopic (exact) mass is 385 g/mol. The number of likely N-dealkylation sites (tertiary alicyclic amines) is 1. The minimum absolute atomic E-state index is 0.169. The van der Waals surface area contributed by atoms with Crippen molar-refractivity contribution in [3.63, 3.8) is 0 Å². The Balaban J connectivity index is 1.49. The van der Waals surface area contributed by atoms with E-state index in [4.69, 9.17) is 10.5 Å². The van der Waals surface area contributed by atoms with Crippen molar-refractivity contribution in [1.29, 1.82) is 0 Å². The quantitative estimate of drug-likeness (QED) is 0.792. The van der Waals surface area contributed by atoms with Crippen molar-refractivity contribution in [3.05, 3.63) is 30.2 Å². The van der Waals surface area contributed by atoms with Gasteiger partial charge in [0, 0.05) is 18.7 Å². The van der Waals surface area contributed by atoms with Gasteiger partial charge in [0.05, 0.1) is 6.04 Å². The second kappa shape index (κ2) is 7.13. The molecule has 3 N–H and O–H groups in total. The summed E-state index contributed by atoms with van der Waals surface area (Å²) in [5.74, 6) is -1.68. The van der Waals surface area contributed by atoms with Gasteiger partial charge in [-0.05, 0) is 24.3 Å². The Morgan fingerprint density at radius 1 is 1.30 bits per heavy atom. The first-order chi connectivity index (χ1) is 12.7. The standard InChI is InChI=1S/C15H14F3N5O4/c16-15(17,18)13-21-12(22-27-13)8-1-3-10(4-2-8)26-7-11(24)20-9-5-23(6-9)14(19)25/h1-4,9H,5-7H2,(H2,19,25)(H,20,24). The van der Waals surface area contributed by atoms with Crippen molar-refractivity contribution in [1.82, 2.24) is 20.4 Å². The van der Waals surface area contributed by atoms with Gasteiger partial charge in [0.2, 0.25) is 5.82 Å². The second-order valence-corrected chi connectivity index (χ2v) is 5.74. The van der Waals surface area contributed by atoms with Crippen LogP contribution < -0.4 is 15.8 Å². The number of carbonyl (C=O) groups excluding carboxylic acids is 2. The number of ether oxygens (including phenoxy) is 1. The third-order valence-electron chi connectivity index (χ3n) is 3.71. The molecule has 0 atom stereocenters. The molecule has 1 aromatic carbocycles. The number of hydrogen-bond acceptors (Lipinski definition) is 6. The van der Waals surface area contributed by atoms with Gasteiger partial charge in [0.25, 0.3) is 5.91 Å². The number of primary amides is 1. The summed E-state index contributed by atoms with van der Waals surface area (Å²) in [7, 11) is 0. The number of rotatable bonds is 5. The summed E-state index contributed by atoms with van der Waals surface area (Å²) in [5, 5.41) is 5.95. The van der Waals surface area contributed by atoms with Crippen LogP contribution in [0.5, 0.6) is 5.75 Å². The molecule has 0 spiro atoms. The van der Waals surface area contributed by atoms with Crippen LogP contribution in [-0.4, -0.2) is 52.7 Å². The van der Waals surface area contributed by atoms with Crippen LogP contribution in [0.1, 0.15) is 5.89 Å². The Morgan fingerprint density at radius 2 is 1.96 bits per heavy atom. The van der Waals surface area contributed by atoms with Gasteiger partial charge in [0.1, 0.15) is 5.75 Å². The molecule has 3 rings (SSSR count). The van der Waals surface area contributed by atoms with Crippen LogP contribution in [0.3, 0.4) is 0 Å². The van der Waals surface area contributed by atoms with E-state index in [1.165, 1.54) is 29.2 Å². The first-order valence-electron chi connectivity index (χ1n) is 7.70. The Labute approximate surface area is 150 Å². The third-order valence-corrected chi connectivity index (χ3v) is 3.71. The molecule has 0 aliphatic carbocycles. The molecule has 1 fully saturated rings. The molecule has 3 amide bonds. The normalized spacial score (nSPS) is 14.6. The van der Waals surface area contributed by atoms with Crippen LogP contribution in [0.15, 0.2) is 28.8 Å². The van der Waals surface area contributed by atoms with Crippen molar-refractivity contribution in [2.24, 2.45) is 5.73 Å². The zero-order valence-electron chi connectivity index (χ0n) is 13.7. The van der Waals surface area contributed by atoms with Crippen LogP contribution in [0.25, 0.3) is 11.4 Å². The summed E-state index contributed by atoms with van der Waals surface area (Å²) in [6, 6.07) is 5.09. The predicted molar refractivity (Wildman–Crippen MR) is 83.3 cm³/mol. The molecule has 0 unspecified atom stereocenters. The molecule has 144 valence electrons. The molecular weight excluding hydrogens is 371 g/mol. The van der Waals surface area contributed by atoms with Gasteiger partial charge >= 0.3 is 18.1 Å². The van der Waals surface area contributed by atoms with Crippen LogP contribution >= 0.6 is 0 Å². The molecule has 1 aliphatic rings. The molecule has 0 radical (unpaired) electrons. The molecule has 9 nitrogen and oxygen atoms in total. The van der Waals surface area contributed by atoms with Crippen molar-refractivity contribution in [3.8, 4) is 17.1 Å². The van der Waals surface area contributed by atoms with Crippen molar-refractivity contribution in [2.45, 2.75) is 12.2 Å². The smallest absolute Gasteiger partial charge is 0.471 e. The van der Waals surface area contributed by atoms with Gasteiger partial charge < -0.3 is 25.2 Å². The fourth-order valence-corrected chi connectivity index (χ4v) is 2.32. The Kier molecular flexibility index (Phi) is 4.88. The molecule has 1 aromatic heterocycles. The first kappa shape index (κ1) is 18.5. The van der Waals surface area contributed by atoms with Crippen molar-refractivity contribution >= 4 is 11.9 Å². The maximum atomic E-state index is 12.5. The highest BCUT2D eigenvalue weighted by Crippen LogP contribution is 2.29. The maximum Gasteiger partial charge on any atom is 0.471 e. The summed E-state index contributed by atoms with van der Waals surface area (Å²) >= 11 is 0. The largest absolute Gasteiger partial charge is 0.484 e. The van der Waals surface area contributed by atoms with Gasteiger partial charge in [-0.2, -0.15) is 18.2 Å². The number of urea groups is 1. The minimum atomic E-state index is -4.71. The second-order valence-electron chi connectivity index (χ2n) is 5.74. The number of amides is 3. The fourth-order valence-electron chi connectivity index (χ4n) is 2.32. The number of hydrogen-bond donors (Lipinski definition) is 2. The van der Waals surface area contributed by atoms with E-state index in [0.29, 0.717) is 24.4 Å². The predicted octanol–water partition coefficient (Wildman–Crippen LogP) is 1.01. The molecule has 2 heterocycles. The number of alkyl halides is 3. The first-order valence-corrected chi connectivity index (χ1v) is 7.70. The van der Waals surface area contributed by atoms with Gasteiger partial charge in [-0.25, -0.2) is 4.79 Å². The summed E-state index contributed by atoms with van der Waals surface area (Å²) in [4.78, 5) is 27.3. The molecule has 1 aliphatic heterocycles. The molecular formula is C15H14F3N5O4. The number of nitrogens with one attached hydrogen (secondary N) is 1. The Morgan fingerprint density at radius 3 is 2.52 bits per heavy atom. The lowest BCUT2D eigenvalue weighted by Gasteiger charge is -2.38. The number of halogens is 3. The van der Waals surface area contributed by atoms with E-state index < -0.39 is 18.1 Å². The van der Waals surface area contributed by atoms with Gasteiger partial charge in [-0.1, -0.05) is 5.16 Å². The average Bonchev–Trinajstić information content (AvgIpc) is 3.06. The molecule has 27 heavy (non-hydrogen) atoms. The van der Waals surface area contributed by atoms with E-state index in [1.54, 1.807) is 0 Å². The van der Waals surface area contributed by atoms with Crippen LogP contribution in [-0.2, 0) is 11.0 Å².